The van der Waals surface area contributed by atoms with Crippen LogP contribution in [0.25, 0.3) is 0 Å². The van der Waals surface area contributed by atoms with E-state index in [1.807, 2.05) is 0 Å². The summed E-state index contributed by atoms with van der Waals surface area (Å²) in [4.78, 5) is 37.1. The van der Waals surface area contributed by atoms with Gasteiger partial charge in [0.2, 0.25) is 5.91 Å². The first-order valence-corrected chi connectivity index (χ1v) is 7.99. The minimum atomic E-state index is -0.725. The maximum absolute atomic E-state index is 14.1. The van der Waals surface area contributed by atoms with Gasteiger partial charge in [-0.25, -0.2) is 9.18 Å². The topological polar surface area (TPSA) is 108 Å². The van der Waals surface area contributed by atoms with Crippen molar-refractivity contribution in [3.8, 4) is 0 Å². The first-order chi connectivity index (χ1) is 12.4. The molecule has 0 fully saturated rings. The van der Waals surface area contributed by atoms with Gasteiger partial charge in [0.25, 0.3) is 5.91 Å². The van der Waals surface area contributed by atoms with Gasteiger partial charge in [-0.15, -0.1) is 0 Å². The minimum Gasteiger partial charge on any atom is -0.466 e. The molecule has 0 spiro atoms. The van der Waals surface area contributed by atoms with Crippen molar-refractivity contribution in [2.75, 3.05) is 37.4 Å². The molecule has 0 radical (unpaired) electrons. The van der Waals surface area contributed by atoms with Gasteiger partial charge in [0.05, 0.1) is 31.5 Å². The van der Waals surface area contributed by atoms with Crippen LogP contribution in [-0.2, 0) is 19.1 Å². The van der Waals surface area contributed by atoms with Crippen molar-refractivity contribution < 1.29 is 28.6 Å². The fraction of sp³-hybridized carbons (Fsp3) is 0.353. The smallest absolute Gasteiger partial charge is 0.337 e. The third-order valence-corrected chi connectivity index (χ3v) is 3.78. The van der Waals surface area contributed by atoms with E-state index in [1.165, 1.54) is 24.1 Å². The Bertz CT molecular complexity index is 763. The van der Waals surface area contributed by atoms with E-state index in [4.69, 9.17) is 5.11 Å². The Kier molecular flexibility index (Phi) is 6.29. The summed E-state index contributed by atoms with van der Waals surface area (Å²) in [6.45, 7) is 1.38. The van der Waals surface area contributed by atoms with E-state index in [0.29, 0.717) is 5.69 Å². The zero-order chi connectivity index (χ0) is 19.3. The lowest BCUT2D eigenvalue weighted by molar-refractivity contribution is -0.136. The number of ether oxygens (including phenoxy) is 1. The number of rotatable bonds is 7. The Morgan fingerprint density at radius 2 is 2.12 bits per heavy atom. The van der Waals surface area contributed by atoms with Crippen LogP contribution in [0.15, 0.2) is 29.5 Å². The first-order valence-electron chi connectivity index (χ1n) is 7.99. The number of carbonyl (C=O) groups is 3. The number of hydrogen-bond acceptors (Lipinski definition) is 6. The number of nitrogens with one attached hydrogen (secondary N) is 2. The Morgan fingerprint density at radius 1 is 1.38 bits per heavy atom. The molecular formula is C17H20FN3O5. The summed E-state index contributed by atoms with van der Waals surface area (Å²) in [5, 5.41) is 14.3. The highest BCUT2D eigenvalue weighted by molar-refractivity contribution is 6.08. The second kappa shape index (κ2) is 8.43. The van der Waals surface area contributed by atoms with E-state index in [-0.39, 0.29) is 49.0 Å². The Hall–Kier alpha value is -2.94. The Labute approximate surface area is 149 Å². The van der Waals surface area contributed by atoms with Crippen LogP contribution >= 0.6 is 0 Å². The summed E-state index contributed by atoms with van der Waals surface area (Å²) in [7, 11) is 1.17. The second-order valence-electron chi connectivity index (χ2n) is 5.52. The van der Waals surface area contributed by atoms with Gasteiger partial charge >= 0.3 is 5.97 Å². The molecule has 0 unspecified atom stereocenters. The number of hydrogen-bond donors (Lipinski definition) is 3. The molecule has 1 aromatic carbocycles. The number of carbonyl (C=O) groups excluding carboxylic acids is 3. The summed E-state index contributed by atoms with van der Waals surface area (Å²) in [5.74, 6) is -2.19. The van der Waals surface area contributed by atoms with Crippen molar-refractivity contribution in [2.45, 2.75) is 13.3 Å². The number of aliphatic hydroxyl groups excluding tert-OH is 1. The molecule has 0 saturated heterocycles. The number of aliphatic hydroxyl groups is 1. The maximum Gasteiger partial charge on any atom is 0.337 e. The van der Waals surface area contributed by atoms with E-state index in [1.54, 1.807) is 6.92 Å². The molecule has 140 valence electrons. The number of amides is 2. The van der Waals surface area contributed by atoms with Crippen LogP contribution in [0.4, 0.5) is 15.8 Å². The van der Waals surface area contributed by atoms with Gasteiger partial charge in [-0.05, 0) is 18.2 Å². The predicted molar refractivity (Wildman–Crippen MR) is 91.7 cm³/mol. The molecule has 1 aliphatic heterocycles. The zero-order valence-corrected chi connectivity index (χ0v) is 14.5. The molecule has 2 rings (SSSR count). The van der Waals surface area contributed by atoms with Crippen molar-refractivity contribution in [2.24, 2.45) is 0 Å². The van der Waals surface area contributed by atoms with Gasteiger partial charge in [-0.1, -0.05) is 6.92 Å². The number of anilines is 2. The molecule has 0 aliphatic carbocycles. The lowest BCUT2D eigenvalue weighted by atomic mass is 10.2. The van der Waals surface area contributed by atoms with Crippen LogP contribution in [0, 0.1) is 5.82 Å². The molecule has 1 aromatic rings. The molecule has 3 N–H and O–H groups in total. The molecule has 0 aromatic heterocycles. The predicted octanol–water partition coefficient (Wildman–Crippen LogP) is 0.848. The van der Waals surface area contributed by atoms with Gasteiger partial charge in [-0.2, -0.15) is 0 Å². The summed E-state index contributed by atoms with van der Waals surface area (Å²) in [5.41, 5.74) is 0.185. The highest BCUT2D eigenvalue weighted by atomic mass is 19.1. The molecule has 0 saturated carbocycles. The molecule has 26 heavy (non-hydrogen) atoms. The fourth-order valence-electron chi connectivity index (χ4n) is 2.43. The molecule has 9 heteroatoms. The highest BCUT2D eigenvalue weighted by Crippen LogP contribution is 2.26. The first kappa shape index (κ1) is 19.4. The van der Waals surface area contributed by atoms with E-state index in [0.717, 1.165) is 6.07 Å². The number of nitrogens with zero attached hydrogens (tertiary/aromatic N) is 1. The average Bonchev–Trinajstić information content (AvgIpc) is 2.93. The van der Waals surface area contributed by atoms with Crippen LogP contribution < -0.4 is 10.6 Å². The van der Waals surface area contributed by atoms with Crippen molar-refractivity contribution in [1.29, 1.82) is 0 Å². The third kappa shape index (κ3) is 4.17. The van der Waals surface area contributed by atoms with Crippen LogP contribution in [0.3, 0.4) is 0 Å². The summed E-state index contributed by atoms with van der Waals surface area (Å²) in [6.07, 6.45) is 0.256. The van der Waals surface area contributed by atoms with Crippen molar-refractivity contribution in [3.63, 3.8) is 0 Å². The van der Waals surface area contributed by atoms with Crippen molar-refractivity contribution >= 4 is 29.2 Å². The third-order valence-electron chi connectivity index (χ3n) is 3.78. The largest absolute Gasteiger partial charge is 0.466 e. The van der Waals surface area contributed by atoms with Crippen LogP contribution in [-0.4, -0.2) is 54.6 Å². The molecule has 2 amide bonds. The van der Waals surface area contributed by atoms with E-state index in [2.05, 4.69) is 15.4 Å². The number of methoxy groups -OCH3 is 1. The minimum absolute atomic E-state index is 0.0274. The quantitative estimate of drug-likeness (QED) is 0.618. The van der Waals surface area contributed by atoms with Gasteiger partial charge in [0.1, 0.15) is 11.5 Å². The fourth-order valence-corrected chi connectivity index (χ4v) is 2.43. The summed E-state index contributed by atoms with van der Waals surface area (Å²) < 4.78 is 18.8. The van der Waals surface area contributed by atoms with E-state index < -0.39 is 17.7 Å². The number of halogens is 1. The number of benzene rings is 1. The molecule has 8 nitrogen and oxygen atoms in total. The maximum atomic E-state index is 14.1. The van der Waals surface area contributed by atoms with Crippen LogP contribution in [0.1, 0.15) is 13.3 Å². The molecule has 0 bridgehead atoms. The van der Waals surface area contributed by atoms with Crippen molar-refractivity contribution in [3.05, 3.63) is 35.3 Å². The van der Waals surface area contributed by atoms with Gasteiger partial charge in [0.15, 0.2) is 0 Å². The average molecular weight is 365 g/mol. The Morgan fingerprint density at radius 3 is 2.73 bits per heavy atom. The lowest BCUT2D eigenvalue weighted by Crippen LogP contribution is -2.31. The molecule has 0 atom stereocenters. The van der Waals surface area contributed by atoms with Gasteiger partial charge in [-0.3, -0.25) is 9.59 Å². The second-order valence-corrected chi connectivity index (χ2v) is 5.52. The molecular weight excluding hydrogens is 345 g/mol. The van der Waals surface area contributed by atoms with Gasteiger partial charge in [0, 0.05) is 18.7 Å². The normalized spacial score (nSPS) is 13.8. The zero-order valence-electron chi connectivity index (χ0n) is 14.5. The monoisotopic (exact) mass is 365 g/mol. The SMILES string of the molecule is CCC(=O)Nc1ccc(F)c(NC2=C(C(=O)OC)CN(CCO)C2=O)c1. The van der Waals surface area contributed by atoms with Crippen molar-refractivity contribution in [1.82, 2.24) is 4.90 Å². The summed E-state index contributed by atoms with van der Waals surface area (Å²) in [6, 6.07) is 3.85. The standard InChI is InChI=1S/C17H20FN3O5/c1-3-14(23)19-10-4-5-12(18)13(8-10)20-15-11(17(25)26-2)9-21(6-7-22)16(15)24/h4-5,8,20,22H,3,6-7,9H2,1-2H3,(H,19,23). The van der Waals surface area contributed by atoms with E-state index in [9.17, 15) is 18.8 Å². The van der Waals surface area contributed by atoms with Gasteiger partial charge < -0.3 is 25.4 Å². The lowest BCUT2D eigenvalue weighted by Gasteiger charge is -2.15. The summed E-state index contributed by atoms with van der Waals surface area (Å²) >= 11 is 0. The van der Waals surface area contributed by atoms with E-state index >= 15 is 0 Å². The highest BCUT2D eigenvalue weighted by Gasteiger charge is 2.34. The Balaban J connectivity index is 2.34. The number of esters is 1. The van der Waals surface area contributed by atoms with Crippen LogP contribution in [0.2, 0.25) is 0 Å². The molecule has 1 heterocycles. The van der Waals surface area contributed by atoms with Crippen LogP contribution in [0.5, 0.6) is 0 Å². The molecule has 1 aliphatic rings. The number of β-amino-alcohol motifs (C(OH)–C–C–N with tert-alkyl or cyclic N) is 1.